The lowest BCUT2D eigenvalue weighted by molar-refractivity contribution is -0.121. The van der Waals surface area contributed by atoms with Crippen molar-refractivity contribution in [2.45, 2.75) is 38.8 Å². The Kier molecular flexibility index (Phi) is 9.14. The normalized spacial score (nSPS) is 15.0. The highest BCUT2D eigenvalue weighted by Gasteiger charge is 2.34. The van der Waals surface area contributed by atoms with Crippen LogP contribution in [0.25, 0.3) is 5.95 Å². The first kappa shape index (κ1) is 29.5. The summed E-state index contributed by atoms with van der Waals surface area (Å²) in [5, 5.41) is 3.03. The highest BCUT2D eigenvalue weighted by Crippen LogP contribution is 2.31. The van der Waals surface area contributed by atoms with E-state index < -0.39 is 0 Å². The fraction of sp³-hybridized carbons (Fsp3) is 0.355. The zero-order chi connectivity index (χ0) is 30.3. The van der Waals surface area contributed by atoms with Crippen molar-refractivity contribution in [1.29, 1.82) is 0 Å². The van der Waals surface area contributed by atoms with Crippen LogP contribution in [0.4, 0.5) is 5.82 Å². The number of carbonyl (C=O) groups is 2. The van der Waals surface area contributed by atoms with Crippen LogP contribution in [-0.2, 0) is 11.3 Å². The van der Waals surface area contributed by atoms with Crippen molar-refractivity contribution in [2.75, 3.05) is 38.8 Å². The van der Waals surface area contributed by atoms with E-state index in [9.17, 15) is 9.59 Å². The van der Waals surface area contributed by atoms with Crippen LogP contribution in [0.15, 0.2) is 67.6 Å². The number of methoxy groups -OCH3 is 2. The number of imidazole rings is 1. The average molecular weight is 585 g/mol. The number of rotatable bonds is 10. The molecule has 43 heavy (non-hydrogen) atoms. The molecule has 0 saturated carbocycles. The summed E-state index contributed by atoms with van der Waals surface area (Å²) in [4.78, 5) is 48.5. The fourth-order valence-electron chi connectivity index (χ4n) is 5.15. The highest BCUT2D eigenvalue weighted by molar-refractivity contribution is 5.94. The molecular formula is C31H36N8O4. The van der Waals surface area contributed by atoms with Crippen LogP contribution in [0.2, 0.25) is 0 Å². The van der Waals surface area contributed by atoms with E-state index in [-0.39, 0.29) is 30.2 Å². The molecule has 1 N–H and O–H groups in total. The van der Waals surface area contributed by atoms with Crippen LogP contribution in [0.5, 0.6) is 11.5 Å². The standard InChI is InChI=1S/C31H36N8O4/c1-21(2)25-18-35-31(38-11-10-33-20-38)36-29(25)39-13-12-37(30(41)23-6-5-9-32-17-23)19-24(39)15-28(40)34-16-22-7-8-26(42-3)27(14-22)43-4/h5-11,14,17-18,20-21,24H,12-13,15-16,19H2,1-4H3,(H,34,40). The van der Waals surface area contributed by atoms with Crippen molar-refractivity contribution in [3.63, 3.8) is 0 Å². The Hall–Kier alpha value is -5.00. The Morgan fingerprint density at radius 2 is 1.88 bits per heavy atom. The van der Waals surface area contributed by atoms with Gasteiger partial charge in [0, 0.05) is 69.1 Å². The third kappa shape index (κ3) is 6.74. The average Bonchev–Trinajstić information content (AvgIpc) is 3.59. The van der Waals surface area contributed by atoms with Gasteiger partial charge >= 0.3 is 0 Å². The molecule has 12 heteroatoms. The summed E-state index contributed by atoms with van der Waals surface area (Å²) in [6.07, 6.45) is 10.3. The molecule has 5 rings (SSSR count). The topological polar surface area (TPSA) is 128 Å². The molecule has 1 unspecified atom stereocenters. The molecular weight excluding hydrogens is 548 g/mol. The number of pyridine rings is 1. The maximum atomic E-state index is 13.4. The molecule has 1 aliphatic rings. The van der Waals surface area contributed by atoms with Crippen molar-refractivity contribution in [1.82, 2.24) is 34.7 Å². The van der Waals surface area contributed by atoms with Gasteiger partial charge in [0.2, 0.25) is 11.9 Å². The Morgan fingerprint density at radius 3 is 2.58 bits per heavy atom. The Bertz CT molecular complexity index is 1540. The van der Waals surface area contributed by atoms with Gasteiger partial charge in [0.05, 0.1) is 25.8 Å². The second-order valence-corrected chi connectivity index (χ2v) is 10.6. The molecule has 0 bridgehead atoms. The van der Waals surface area contributed by atoms with Crippen LogP contribution in [0.1, 0.15) is 47.7 Å². The maximum Gasteiger partial charge on any atom is 0.255 e. The van der Waals surface area contributed by atoms with Crippen LogP contribution in [0, 0.1) is 0 Å². The monoisotopic (exact) mass is 584 g/mol. The number of piperazine rings is 1. The minimum absolute atomic E-state index is 0.116. The highest BCUT2D eigenvalue weighted by atomic mass is 16.5. The zero-order valence-corrected chi connectivity index (χ0v) is 24.8. The van der Waals surface area contributed by atoms with Crippen LogP contribution >= 0.6 is 0 Å². The lowest BCUT2D eigenvalue weighted by Gasteiger charge is -2.42. The van der Waals surface area contributed by atoms with Crippen molar-refractivity contribution >= 4 is 17.6 Å². The first-order valence-corrected chi connectivity index (χ1v) is 14.2. The molecule has 4 heterocycles. The molecule has 3 aromatic heterocycles. The molecule has 1 aliphatic heterocycles. The first-order valence-electron chi connectivity index (χ1n) is 14.2. The molecule has 224 valence electrons. The molecule has 0 spiro atoms. The molecule has 1 atom stereocenters. The molecule has 0 aliphatic carbocycles. The zero-order valence-electron chi connectivity index (χ0n) is 24.8. The number of amides is 2. The number of hydrogen-bond donors (Lipinski definition) is 1. The second-order valence-electron chi connectivity index (χ2n) is 10.6. The predicted molar refractivity (Wildman–Crippen MR) is 161 cm³/mol. The van der Waals surface area contributed by atoms with Gasteiger partial charge in [-0.2, -0.15) is 4.98 Å². The summed E-state index contributed by atoms with van der Waals surface area (Å²) in [5.74, 6) is 2.33. The molecule has 0 radical (unpaired) electrons. The molecule has 1 fully saturated rings. The Balaban J connectivity index is 1.41. The van der Waals surface area contributed by atoms with Gasteiger partial charge in [-0.1, -0.05) is 19.9 Å². The van der Waals surface area contributed by atoms with Crippen molar-refractivity contribution in [3.8, 4) is 17.4 Å². The lowest BCUT2D eigenvalue weighted by Crippen LogP contribution is -2.56. The fourth-order valence-corrected chi connectivity index (χ4v) is 5.15. The van der Waals surface area contributed by atoms with Crippen LogP contribution < -0.4 is 19.7 Å². The number of benzene rings is 1. The van der Waals surface area contributed by atoms with Gasteiger partial charge in [-0.15, -0.1) is 0 Å². The third-order valence-corrected chi connectivity index (χ3v) is 7.45. The Labute approximate surface area is 250 Å². The van der Waals surface area contributed by atoms with Crippen molar-refractivity contribution < 1.29 is 19.1 Å². The number of ether oxygens (including phenoxy) is 2. The summed E-state index contributed by atoms with van der Waals surface area (Å²) in [7, 11) is 3.16. The second kappa shape index (κ2) is 13.3. The van der Waals surface area contributed by atoms with Gasteiger partial charge in [-0.25, -0.2) is 9.97 Å². The van der Waals surface area contributed by atoms with E-state index in [0.29, 0.717) is 49.2 Å². The van der Waals surface area contributed by atoms with Crippen LogP contribution in [0.3, 0.4) is 0 Å². The summed E-state index contributed by atoms with van der Waals surface area (Å²) in [6, 6.07) is 8.71. The van der Waals surface area contributed by atoms with E-state index in [1.54, 1.807) is 66.9 Å². The van der Waals surface area contributed by atoms with Crippen molar-refractivity contribution in [2.24, 2.45) is 0 Å². The van der Waals surface area contributed by atoms with Gasteiger partial charge in [0.15, 0.2) is 11.5 Å². The number of anilines is 1. The minimum Gasteiger partial charge on any atom is -0.493 e. The van der Waals surface area contributed by atoms with E-state index in [1.807, 2.05) is 24.4 Å². The van der Waals surface area contributed by atoms with Gasteiger partial charge < -0.3 is 24.6 Å². The molecule has 1 aromatic carbocycles. The van der Waals surface area contributed by atoms with E-state index in [0.717, 1.165) is 16.9 Å². The minimum atomic E-state index is -0.331. The number of nitrogens with one attached hydrogen (secondary N) is 1. The number of nitrogens with zero attached hydrogens (tertiary/aromatic N) is 7. The summed E-state index contributed by atoms with van der Waals surface area (Å²) in [6.45, 7) is 5.82. The number of hydrogen-bond acceptors (Lipinski definition) is 9. The summed E-state index contributed by atoms with van der Waals surface area (Å²) >= 11 is 0. The molecule has 2 amide bonds. The van der Waals surface area contributed by atoms with E-state index in [1.165, 1.54) is 0 Å². The van der Waals surface area contributed by atoms with E-state index in [4.69, 9.17) is 14.5 Å². The van der Waals surface area contributed by atoms with E-state index >= 15 is 0 Å². The van der Waals surface area contributed by atoms with Crippen molar-refractivity contribution in [3.05, 3.63) is 84.3 Å². The number of aromatic nitrogens is 5. The quantitative estimate of drug-likeness (QED) is 0.299. The third-order valence-electron chi connectivity index (χ3n) is 7.45. The number of carbonyl (C=O) groups excluding carboxylic acids is 2. The molecule has 1 saturated heterocycles. The van der Waals surface area contributed by atoms with Gasteiger partial charge in [0.1, 0.15) is 12.1 Å². The summed E-state index contributed by atoms with van der Waals surface area (Å²) < 4.78 is 12.5. The van der Waals surface area contributed by atoms with Gasteiger partial charge in [-0.05, 0) is 35.7 Å². The van der Waals surface area contributed by atoms with Gasteiger partial charge in [-0.3, -0.25) is 19.1 Å². The van der Waals surface area contributed by atoms with E-state index in [2.05, 4.69) is 39.0 Å². The molecule has 12 nitrogen and oxygen atoms in total. The largest absolute Gasteiger partial charge is 0.493 e. The lowest BCUT2D eigenvalue weighted by atomic mass is 10.0. The summed E-state index contributed by atoms with van der Waals surface area (Å²) in [5.41, 5.74) is 2.36. The maximum absolute atomic E-state index is 13.4. The smallest absolute Gasteiger partial charge is 0.255 e. The van der Waals surface area contributed by atoms with Crippen LogP contribution in [-0.4, -0.2) is 81.1 Å². The SMILES string of the molecule is COc1ccc(CNC(=O)CC2CN(C(=O)c3cccnc3)CCN2c2nc(-n3ccnc3)ncc2C(C)C)cc1OC. The molecule has 4 aromatic rings. The Morgan fingerprint density at radius 1 is 1.05 bits per heavy atom. The van der Waals surface area contributed by atoms with Gasteiger partial charge in [0.25, 0.3) is 5.91 Å². The first-order chi connectivity index (χ1) is 20.9. The predicted octanol–water partition coefficient (Wildman–Crippen LogP) is 3.24.